The summed E-state index contributed by atoms with van der Waals surface area (Å²) in [6.45, 7) is 2.02. The highest BCUT2D eigenvalue weighted by molar-refractivity contribution is 5.68. The fourth-order valence-corrected chi connectivity index (χ4v) is 2.31. The van der Waals surface area contributed by atoms with Crippen LogP contribution in [0.1, 0.15) is 39.0 Å². The SMILES string of the molecule is CNC(C)(CC(=O)O)C1CCCC1. The lowest BCUT2D eigenvalue weighted by Crippen LogP contribution is -2.47. The first-order chi connectivity index (χ1) is 6.08. The Morgan fingerprint density at radius 1 is 1.54 bits per heavy atom. The quantitative estimate of drug-likeness (QED) is 0.700. The number of hydrogen-bond donors (Lipinski definition) is 2. The molecule has 0 amide bonds. The van der Waals surface area contributed by atoms with Gasteiger partial charge in [-0.2, -0.15) is 0 Å². The predicted molar refractivity (Wildman–Crippen MR) is 51.7 cm³/mol. The Kier molecular flexibility index (Phi) is 3.31. The Hall–Kier alpha value is -0.570. The fourth-order valence-electron chi connectivity index (χ4n) is 2.31. The van der Waals surface area contributed by atoms with E-state index in [1.165, 1.54) is 25.7 Å². The van der Waals surface area contributed by atoms with E-state index in [9.17, 15) is 4.79 Å². The molecular weight excluding hydrogens is 166 g/mol. The van der Waals surface area contributed by atoms with Gasteiger partial charge in [0.15, 0.2) is 0 Å². The van der Waals surface area contributed by atoms with E-state index in [4.69, 9.17) is 5.11 Å². The van der Waals surface area contributed by atoms with Crippen molar-refractivity contribution >= 4 is 5.97 Å². The summed E-state index contributed by atoms with van der Waals surface area (Å²) in [5.41, 5.74) is -0.206. The number of hydrogen-bond acceptors (Lipinski definition) is 2. The van der Waals surface area contributed by atoms with Crippen molar-refractivity contribution in [1.29, 1.82) is 0 Å². The number of carboxylic acid groups (broad SMARTS) is 1. The van der Waals surface area contributed by atoms with Gasteiger partial charge in [-0.25, -0.2) is 0 Å². The van der Waals surface area contributed by atoms with Crippen LogP contribution in [0.5, 0.6) is 0 Å². The smallest absolute Gasteiger partial charge is 0.305 e. The van der Waals surface area contributed by atoms with Crippen molar-refractivity contribution in [2.24, 2.45) is 5.92 Å². The van der Waals surface area contributed by atoms with Gasteiger partial charge in [0.25, 0.3) is 0 Å². The molecule has 13 heavy (non-hydrogen) atoms. The maximum absolute atomic E-state index is 10.7. The average molecular weight is 185 g/mol. The van der Waals surface area contributed by atoms with Crippen molar-refractivity contribution in [2.75, 3.05) is 7.05 Å². The summed E-state index contributed by atoms with van der Waals surface area (Å²) in [5, 5.41) is 12.0. The molecule has 1 saturated carbocycles. The molecule has 3 heteroatoms. The van der Waals surface area contributed by atoms with E-state index in [2.05, 4.69) is 5.32 Å². The molecule has 2 N–H and O–H groups in total. The van der Waals surface area contributed by atoms with Gasteiger partial charge >= 0.3 is 5.97 Å². The van der Waals surface area contributed by atoms with E-state index >= 15 is 0 Å². The number of nitrogens with one attached hydrogen (secondary N) is 1. The molecule has 0 heterocycles. The monoisotopic (exact) mass is 185 g/mol. The molecule has 1 aliphatic carbocycles. The van der Waals surface area contributed by atoms with Crippen LogP contribution in [0.2, 0.25) is 0 Å². The van der Waals surface area contributed by atoms with Gasteiger partial charge in [-0.05, 0) is 32.7 Å². The van der Waals surface area contributed by atoms with Crippen molar-refractivity contribution < 1.29 is 9.90 Å². The van der Waals surface area contributed by atoms with Gasteiger partial charge in [-0.3, -0.25) is 4.79 Å². The normalized spacial score (nSPS) is 22.9. The lowest BCUT2D eigenvalue weighted by Gasteiger charge is -2.34. The van der Waals surface area contributed by atoms with Crippen LogP contribution in [0.3, 0.4) is 0 Å². The number of aliphatic carboxylic acids is 1. The van der Waals surface area contributed by atoms with Gasteiger partial charge in [-0.1, -0.05) is 12.8 Å². The fraction of sp³-hybridized carbons (Fsp3) is 0.900. The van der Waals surface area contributed by atoms with E-state index in [-0.39, 0.29) is 12.0 Å². The van der Waals surface area contributed by atoms with E-state index in [1.54, 1.807) is 0 Å². The molecule has 0 aliphatic heterocycles. The van der Waals surface area contributed by atoms with Crippen molar-refractivity contribution in [2.45, 2.75) is 44.6 Å². The van der Waals surface area contributed by atoms with Crippen LogP contribution in [0, 0.1) is 5.92 Å². The van der Waals surface area contributed by atoms with Crippen LogP contribution in [-0.2, 0) is 4.79 Å². The molecule has 0 saturated heterocycles. The van der Waals surface area contributed by atoms with Crippen molar-refractivity contribution in [1.82, 2.24) is 5.32 Å². The molecule has 1 aliphatic rings. The van der Waals surface area contributed by atoms with Gasteiger partial charge in [-0.15, -0.1) is 0 Å². The van der Waals surface area contributed by atoms with Crippen molar-refractivity contribution in [3.05, 3.63) is 0 Å². The molecule has 0 aromatic heterocycles. The molecule has 0 bridgehead atoms. The highest BCUT2D eigenvalue weighted by Gasteiger charge is 2.36. The Balaban J connectivity index is 2.61. The Morgan fingerprint density at radius 2 is 2.08 bits per heavy atom. The third kappa shape index (κ3) is 2.44. The van der Waals surface area contributed by atoms with Crippen LogP contribution in [0.4, 0.5) is 0 Å². The molecule has 1 fully saturated rings. The van der Waals surface area contributed by atoms with Gasteiger partial charge < -0.3 is 10.4 Å². The Morgan fingerprint density at radius 3 is 2.46 bits per heavy atom. The summed E-state index contributed by atoms with van der Waals surface area (Å²) in [4.78, 5) is 10.7. The van der Waals surface area contributed by atoms with Crippen LogP contribution < -0.4 is 5.32 Å². The minimum absolute atomic E-state index is 0.206. The van der Waals surface area contributed by atoms with Gasteiger partial charge in [0.1, 0.15) is 0 Å². The second-order valence-corrected chi connectivity index (χ2v) is 4.22. The molecule has 1 rings (SSSR count). The van der Waals surface area contributed by atoms with Gasteiger partial charge in [0.05, 0.1) is 6.42 Å². The minimum Gasteiger partial charge on any atom is -0.481 e. The summed E-state index contributed by atoms with van der Waals surface area (Å²) in [6.07, 6.45) is 5.08. The van der Waals surface area contributed by atoms with E-state index in [1.807, 2.05) is 14.0 Å². The number of rotatable bonds is 4. The van der Waals surface area contributed by atoms with Crippen LogP contribution in [0.25, 0.3) is 0 Å². The molecule has 0 radical (unpaired) electrons. The highest BCUT2D eigenvalue weighted by atomic mass is 16.4. The first-order valence-corrected chi connectivity index (χ1v) is 4.99. The summed E-state index contributed by atoms with van der Waals surface area (Å²) in [6, 6.07) is 0. The molecule has 0 aromatic carbocycles. The van der Waals surface area contributed by atoms with Crippen molar-refractivity contribution in [3.8, 4) is 0 Å². The minimum atomic E-state index is -0.705. The second kappa shape index (κ2) is 4.09. The molecule has 76 valence electrons. The number of carboxylic acids is 1. The maximum atomic E-state index is 10.7. The van der Waals surface area contributed by atoms with E-state index in [0.29, 0.717) is 5.92 Å². The summed E-state index contributed by atoms with van der Waals surface area (Å²) in [5.74, 6) is -0.169. The summed E-state index contributed by atoms with van der Waals surface area (Å²) in [7, 11) is 1.86. The molecule has 3 nitrogen and oxygen atoms in total. The summed E-state index contributed by atoms with van der Waals surface area (Å²) < 4.78 is 0. The van der Waals surface area contributed by atoms with E-state index in [0.717, 1.165) is 0 Å². The number of carbonyl (C=O) groups is 1. The summed E-state index contributed by atoms with van der Waals surface area (Å²) >= 11 is 0. The highest BCUT2D eigenvalue weighted by Crippen LogP contribution is 2.35. The molecular formula is C10H19NO2. The largest absolute Gasteiger partial charge is 0.481 e. The molecule has 0 spiro atoms. The van der Waals surface area contributed by atoms with Gasteiger partial charge in [0, 0.05) is 5.54 Å². The lowest BCUT2D eigenvalue weighted by molar-refractivity contribution is -0.139. The van der Waals surface area contributed by atoms with Gasteiger partial charge in [0.2, 0.25) is 0 Å². The van der Waals surface area contributed by atoms with E-state index < -0.39 is 5.97 Å². The standard InChI is InChI=1S/C10H19NO2/c1-10(11-2,7-9(12)13)8-5-3-4-6-8/h8,11H,3-7H2,1-2H3,(H,12,13). The Bertz CT molecular complexity index is 187. The third-order valence-corrected chi connectivity index (χ3v) is 3.35. The zero-order valence-electron chi connectivity index (χ0n) is 8.47. The second-order valence-electron chi connectivity index (χ2n) is 4.22. The zero-order valence-corrected chi connectivity index (χ0v) is 8.47. The molecule has 0 aromatic rings. The predicted octanol–water partition coefficient (Wildman–Crippen LogP) is 1.63. The molecule has 1 unspecified atom stereocenters. The molecule has 1 atom stereocenters. The average Bonchev–Trinajstić information content (AvgIpc) is 2.55. The first kappa shape index (κ1) is 10.5. The van der Waals surface area contributed by atoms with Crippen LogP contribution >= 0.6 is 0 Å². The first-order valence-electron chi connectivity index (χ1n) is 4.99. The lowest BCUT2D eigenvalue weighted by atomic mass is 9.82. The zero-order chi connectivity index (χ0) is 9.90. The topological polar surface area (TPSA) is 49.3 Å². The third-order valence-electron chi connectivity index (χ3n) is 3.35. The Labute approximate surface area is 79.5 Å². The van der Waals surface area contributed by atoms with Crippen LogP contribution in [-0.4, -0.2) is 23.7 Å². The van der Waals surface area contributed by atoms with Crippen molar-refractivity contribution in [3.63, 3.8) is 0 Å². The van der Waals surface area contributed by atoms with Crippen LogP contribution in [0.15, 0.2) is 0 Å². The maximum Gasteiger partial charge on any atom is 0.305 e.